The van der Waals surface area contributed by atoms with E-state index < -0.39 is 0 Å². The summed E-state index contributed by atoms with van der Waals surface area (Å²) in [6.45, 7) is 2.86. The third kappa shape index (κ3) is 5.06. The first kappa shape index (κ1) is 20.5. The van der Waals surface area contributed by atoms with E-state index in [0.717, 1.165) is 16.8 Å². The quantitative estimate of drug-likeness (QED) is 0.594. The molecule has 1 aliphatic rings. The molecule has 9 nitrogen and oxygen atoms in total. The van der Waals surface area contributed by atoms with E-state index >= 15 is 0 Å². The Morgan fingerprint density at radius 1 is 1.29 bits per heavy atom. The number of nitrogens with zero attached hydrogens (tertiary/aromatic N) is 4. The number of rotatable bonds is 8. The molecule has 0 radical (unpaired) electrons. The first-order chi connectivity index (χ1) is 15.1. The van der Waals surface area contributed by atoms with Gasteiger partial charge >= 0.3 is 0 Å². The van der Waals surface area contributed by atoms with Crippen LogP contribution in [-0.2, 0) is 16.0 Å². The predicted molar refractivity (Wildman–Crippen MR) is 113 cm³/mol. The number of ether oxygens (including phenoxy) is 1. The number of amides is 2. The number of fused-ring (bicyclic) bond motifs is 1. The minimum Gasteiger partial charge on any atom is -0.482 e. The molecule has 3 aromatic rings. The van der Waals surface area contributed by atoms with Crippen molar-refractivity contribution in [2.45, 2.75) is 26.2 Å². The van der Waals surface area contributed by atoms with Gasteiger partial charge in [0.25, 0.3) is 11.8 Å². The van der Waals surface area contributed by atoms with Gasteiger partial charge in [-0.25, -0.2) is 0 Å². The normalized spacial score (nSPS) is 12.9. The Hall–Kier alpha value is -3.75. The lowest BCUT2D eigenvalue weighted by molar-refractivity contribution is -0.122. The van der Waals surface area contributed by atoms with Gasteiger partial charge < -0.3 is 19.5 Å². The average Bonchev–Trinajstić information content (AvgIpc) is 3.25. The molecule has 0 spiro atoms. The molecular formula is C22H23N5O4. The Morgan fingerprint density at radius 2 is 2.19 bits per heavy atom. The van der Waals surface area contributed by atoms with Crippen LogP contribution < -0.4 is 15.0 Å². The van der Waals surface area contributed by atoms with Crippen molar-refractivity contribution in [1.82, 2.24) is 20.4 Å². The molecule has 0 unspecified atom stereocenters. The zero-order valence-corrected chi connectivity index (χ0v) is 17.2. The van der Waals surface area contributed by atoms with E-state index in [1.807, 2.05) is 31.2 Å². The van der Waals surface area contributed by atoms with Crippen molar-refractivity contribution in [2.24, 2.45) is 0 Å². The summed E-state index contributed by atoms with van der Waals surface area (Å²) in [6.07, 6.45) is 4.66. The number of hydrogen-bond donors (Lipinski definition) is 1. The fourth-order valence-electron chi connectivity index (χ4n) is 3.32. The predicted octanol–water partition coefficient (Wildman–Crippen LogP) is 2.30. The number of nitrogens with one attached hydrogen (secondary N) is 1. The third-order valence-corrected chi connectivity index (χ3v) is 4.89. The standard InChI is InChI=1S/C22H23N5O4/c1-15-6-7-18-17(12-15)27(21(29)14-30-18)11-3-5-20(28)24-10-8-19-25-22(31-26-19)16-4-2-9-23-13-16/h2,4,6-7,9,12-13H,3,5,8,10-11,14H2,1H3,(H,24,28). The topological polar surface area (TPSA) is 110 Å². The number of carbonyl (C=O) groups is 2. The van der Waals surface area contributed by atoms with Crippen LogP contribution in [-0.4, -0.2) is 46.6 Å². The zero-order valence-electron chi connectivity index (χ0n) is 17.2. The molecule has 9 heteroatoms. The minimum absolute atomic E-state index is 0.0218. The van der Waals surface area contributed by atoms with Crippen LogP contribution >= 0.6 is 0 Å². The zero-order chi connectivity index (χ0) is 21.6. The van der Waals surface area contributed by atoms with Crippen LogP contribution in [0.15, 0.2) is 47.2 Å². The number of anilines is 1. The van der Waals surface area contributed by atoms with Crippen molar-refractivity contribution in [3.05, 3.63) is 54.1 Å². The van der Waals surface area contributed by atoms with Gasteiger partial charge in [-0.15, -0.1) is 0 Å². The van der Waals surface area contributed by atoms with Crippen LogP contribution in [0.2, 0.25) is 0 Å². The maximum absolute atomic E-state index is 12.3. The molecule has 0 bridgehead atoms. The fraction of sp³-hybridized carbons (Fsp3) is 0.318. The van der Waals surface area contributed by atoms with Crippen molar-refractivity contribution in [3.63, 3.8) is 0 Å². The van der Waals surface area contributed by atoms with Gasteiger partial charge in [-0.05, 0) is 43.2 Å². The highest BCUT2D eigenvalue weighted by Gasteiger charge is 2.25. The van der Waals surface area contributed by atoms with Crippen LogP contribution in [0.5, 0.6) is 5.75 Å². The second-order valence-electron chi connectivity index (χ2n) is 7.27. The minimum atomic E-state index is -0.0972. The van der Waals surface area contributed by atoms with Crippen LogP contribution in [0.3, 0.4) is 0 Å². The molecular weight excluding hydrogens is 398 g/mol. The molecule has 0 saturated carbocycles. The molecule has 1 N–H and O–H groups in total. The highest BCUT2D eigenvalue weighted by Crippen LogP contribution is 2.32. The summed E-state index contributed by atoms with van der Waals surface area (Å²) < 4.78 is 10.7. The first-order valence-electron chi connectivity index (χ1n) is 10.1. The first-order valence-corrected chi connectivity index (χ1v) is 10.1. The van der Waals surface area contributed by atoms with Crippen LogP contribution in [0.25, 0.3) is 11.5 Å². The van der Waals surface area contributed by atoms with Gasteiger partial charge in [-0.1, -0.05) is 11.2 Å². The Balaban J connectivity index is 1.21. The molecule has 0 aliphatic carbocycles. The average molecular weight is 421 g/mol. The van der Waals surface area contributed by atoms with E-state index in [9.17, 15) is 9.59 Å². The Bertz CT molecular complexity index is 1070. The van der Waals surface area contributed by atoms with Gasteiger partial charge in [0.2, 0.25) is 5.91 Å². The van der Waals surface area contributed by atoms with Crippen molar-refractivity contribution >= 4 is 17.5 Å². The van der Waals surface area contributed by atoms with Gasteiger partial charge in [-0.3, -0.25) is 14.6 Å². The Labute approximate surface area is 179 Å². The molecule has 1 aliphatic heterocycles. The second kappa shape index (κ2) is 9.38. The summed E-state index contributed by atoms with van der Waals surface area (Å²) in [6, 6.07) is 9.38. The molecule has 2 amide bonds. The summed E-state index contributed by atoms with van der Waals surface area (Å²) in [7, 11) is 0. The number of benzene rings is 1. The molecule has 0 saturated heterocycles. The molecule has 160 valence electrons. The summed E-state index contributed by atoms with van der Waals surface area (Å²) in [5.74, 6) is 1.44. The lowest BCUT2D eigenvalue weighted by Crippen LogP contribution is -2.39. The number of hydrogen-bond acceptors (Lipinski definition) is 7. The second-order valence-corrected chi connectivity index (χ2v) is 7.27. The summed E-state index contributed by atoms with van der Waals surface area (Å²) in [5, 5.41) is 6.78. The molecule has 31 heavy (non-hydrogen) atoms. The molecule has 2 aromatic heterocycles. The number of aryl methyl sites for hydroxylation is 1. The summed E-state index contributed by atoms with van der Waals surface area (Å²) in [5.41, 5.74) is 2.56. The highest BCUT2D eigenvalue weighted by atomic mass is 16.5. The van der Waals surface area contributed by atoms with Crippen LogP contribution in [0, 0.1) is 6.92 Å². The van der Waals surface area contributed by atoms with E-state index in [-0.39, 0.29) is 18.4 Å². The number of carbonyl (C=O) groups excluding carboxylic acids is 2. The van der Waals surface area contributed by atoms with Crippen LogP contribution in [0.1, 0.15) is 24.2 Å². The molecule has 0 fully saturated rings. The van der Waals surface area contributed by atoms with E-state index in [2.05, 4.69) is 20.4 Å². The molecule has 1 aromatic carbocycles. The Morgan fingerprint density at radius 3 is 3.03 bits per heavy atom. The van der Waals surface area contributed by atoms with Gasteiger partial charge in [0.15, 0.2) is 12.4 Å². The molecule has 0 atom stereocenters. The number of aromatic nitrogens is 3. The van der Waals surface area contributed by atoms with E-state index in [4.69, 9.17) is 9.26 Å². The maximum atomic E-state index is 12.3. The van der Waals surface area contributed by atoms with Crippen LogP contribution in [0.4, 0.5) is 5.69 Å². The Kier molecular flexibility index (Phi) is 6.21. The molecule has 4 rings (SSSR count). The molecule has 3 heterocycles. The van der Waals surface area contributed by atoms with Gasteiger partial charge in [-0.2, -0.15) is 4.98 Å². The van der Waals surface area contributed by atoms with Gasteiger partial charge in [0.1, 0.15) is 5.75 Å². The van der Waals surface area contributed by atoms with Gasteiger partial charge in [0.05, 0.1) is 11.3 Å². The lowest BCUT2D eigenvalue weighted by Gasteiger charge is -2.29. The maximum Gasteiger partial charge on any atom is 0.265 e. The van der Waals surface area contributed by atoms with E-state index in [1.54, 1.807) is 23.4 Å². The van der Waals surface area contributed by atoms with E-state index in [0.29, 0.717) is 49.8 Å². The van der Waals surface area contributed by atoms with Crippen molar-refractivity contribution in [1.29, 1.82) is 0 Å². The smallest absolute Gasteiger partial charge is 0.265 e. The fourth-order valence-corrected chi connectivity index (χ4v) is 3.32. The van der Waals surface area contributed by atoms with E-state index in [1.165, 1.54) is 0 Å². The summed E-state index contributed by atoms with van der Waals surface area (Å²) in [4.78, 5) is 34.5. The van der Waals surface area contributed by atoms with Crippen molar-refractivity contribution in [2.75, 3.05) is 24.6 Å². The largest absolute Gasteiger partial charge is 0.482 e. The SMILES string of the molecule is Cc1ccc2c(c1)N(CCCC(=O)NCCc1noc(-c3cccnc3)n1)C(=O)CO2. The number of pyridine rings is 1. The van der Waals surface area contributed by atoms with Crippen molar-refractivity contribution < 1.29 is 18.8 Å². The van der Waals surface area contributed by atoms with Crippen molar-refractivity contribution in [3.8, 4) is 17.2 Å². The third-order valence-electron chi connectivity index (χ3n) is 4.89. The highest BCUT2D eigenvalue weighted by molar-refractivity contribution is 5.98. The van der Waals surface area contributed by atoms with Gasteiger partial charge in [0, 0.05) is 38.3 Å². The monoisotopic (exact) mass is 421 g/mol. The lowest BCUT2D eigenvalue weighted by atomic mass is 10.1. The summed E-state index contributed by atoms with van der Waals surface area (Å²) >= 11 is 0.